The van der Waals surface area contributed by atoms with Crippen LogP contribution in [0.25, 0.3) is 0 Å². The van der Waals surface area contributed by atoms with E-state index in [1.54, 1.807) is 0 Å². The molecular formula is C35H64NO10P. The summed E-state index contributed by atoms with van der Waals surface area (Å²) in [7, 11) is -4.75. The average Bonchev–Trinajstić information content (AvgIpc) is 3.04. The Balaban J connectivity index is 4.03. The molecule has 0 aliphatic rings. The van der Waals surface area contributed by atoms with Gasteiger partial charge in [-0.1, -0.05) is 102 Å². The number of unbranched alkanes of at least 4 members (excludes halogenated alkanes) is 15. The standard InChI is InChI=1S/C35H64NO10P/c1-3-5-7-9-11-13-15-16-17-18-20-22-24-26-33(38)36-32(35(40)41)30-46-47(42,43)45-29-31(37)28-44-34(39)27-25-23-21-19-14-12-10-8-6-4-2/h8,10,13,15,31-32,37H,3-7,9,11-12,14,16-30H2,1-2H3,(H,36,38)(H,40,41)(H,42,43)/b10-8-,15-13-. The Bertz CT molecular complexity index is 911. The number of allylic oxidation sites excluding steroid dienone is 4. The number of carbonyl (C=O) groups excluding carboxylic acids is 2. The van der Waals surface area contributed by atoms with Crippen LogP contribution >= 0.6 is 7.82 Å². The molecule has 274 valence electrons. The van der Waals surface area contributed by atoms with Crippen molar-refractivity contribution in [1.29, 1.82) is 0 Å². The first-order valence-corrected chi connectivity index (χ1v) is 19.4. The van der Waals surface area contributed by atoms with E-state index in [1.165, 1.54) is 25.7 Å². The maximum absolute atomic E-state index is 12.2. The van der Waals surface area contributed by atoms with E-state index in [0.29, 0.717) is 12.8 Å². The molecule has 0 radical (unpaired) electrons. The summed E-state index contributed by atoms with van der Waals surface area (Å²) in [6, 6.07) is -1.55. The van der Waals surface area contributed by atoms with E-state index >= 15 is 0 Å². The molecule has 0 aliphatic carbocycles. The van der Waals surface area contributed by atoms with Gasteiger partial charge in [-0.15, -0.1) is 0 Å². The topological polar surface area (TPSA) is 169 Å². The van der Waals surface area contributed by atoms with Crippen molar-refractivity contribution in [2.24, 2.45) is 0 Å². The first-order valence-electron chi connectivity index (χ1n) is 17.9. The second-order valence-corrected chi connectivity index (χ2v) is 13.5. The molecule has 0 spiro atoms. The van der Waals surface area contributed by atoms with Gasteiger partial charge in [-0.2, -0.15) is 0 Å². The van der Waals surface area contributed by atoms with Gasteiger partial charge in [-0.05, 0) is 57.8 Å². The number of aliphatic hydroxyl groups is 1. The third kappa shape index (κ3) is 31.0. The Morgan fingerprint density at radius 2 is 1.15 bits per heavy atom. The molecular weight excluding hydrogens is 625 g/mol. The number of phosphoric acid groups is 1. The molecule has 0 aromatic carbocycles. The number of rotatable bonds is 33. The number of aliphatic carboxylic acids is 1. The Hall–Kier alpha value is -2.04. The van der Waals surface area contributed by atoms with Gasteiger partial charge in [0.15, 0.2) is 6.04 Å². The minimum Gasteiger partial charge on any atom is -0.480 e. The van der Waals surface area contributed by atoms with Crippen molar-refractivity contribution >= 4 is 25.7 Å². The van der Waals surface area contributed by atoms with Crippen molar-refractivity contribution in [2.75, 3.05) is 19.8 Å². The normalized spacial score (nSPS) is 14.3. The third-order valence-electron chi connectivity index (χ3n) is 7.44. The van der Waals surface area contributed by atoms with Gasteiger partial charge in [0, 0.05) is 12.8 Å². The highest BCUT2D eigenvalue weighted by Crippen LogP contribution is 2.43. The molecule has 1 amide bonds. The predicted octanol–water partition coefficient (Wildman–Crippen LogP) is 7.94. The summed E-state index contributed by atoms with van der Waals surface area (Å²) in [4.78, 5) is 45.5. The molecule has 0 aromatic rings. The number of ether oxygens (including phenoxy) is 1. The zero-order chi connectivity index (χ0) is 35.0. The van der Waals surface area contributed by atoms with Gasteiger partial charge in [0.2, 0.25) is 5.91 Å². The highest BCUT2D eigenvalue weighted by Gasteiger charge is 2.28. The summed E-state index contributed by atoms with van der Waals surface area (Å²) in [5, 5.41) is 21.7. The molecule has 0 aromatic heterocycles. The number of esters is 1. The largest absolute Gasteiger partial charge is 0.480 e. The minimum absolute atomic E-state index is 0.136. The van der Waals surface area contributed by atoms with Crippen LogP contribution in [-0.4, -0.2) is 64.9 Å². The number of aliphatic hydroxyl groups excluding tert-OH is 1. The molecule has 0 saturated heterocycles. The minimum atomic E-state index is -4.75. The van der Waals surface area contributed by atoms with E-state index in [9.17, 15) is 34.1 Å². The number of phosphoric ester groups is 1. The van der Waals surface area contributed by atoms with Crippen LogP contribution in [0.3, 0.4) is 0 Å². The predicted molar refractivity (Wildman–Crippen MR) is 185 cm³/mol. The summed E-state index contributed by atoms with van der Waals surface area (Å²) in [5.74, 6) is -2.40. The molecule has 11 nitrogen and oxygen atoms in total. The summed E-state index contributed by atoms with van der Waals surface area (Å²) in [6.07, 6.45) is 27.9. The third-order valence-corrected chi connectivity index (χ3v) is 8.39. The van der Waals surface area contributed by atoms with Gasteiger partial charge in [0.25, 0.3) is 0 Å². The van der Waals surface area contributed by atoms with Crippen LogP contribution in [0.4, 0.5) is 0 Å². The molecule has 0 fully saturated rings. The summed E-state index contributed by atoms with van der Waals surface area (Å²) in [5.41, 5.74) is 0. The molecule has 4 N–H and O–H groups in total. The van der Waals surface area contributed by atoms with Crippen LogP contribution in [0.2, 0.25) is 0 Å². The van der Waals surface area contributed by atoms with Crippen molar-refractivity contribution in [3.63, 3.8) is 0 Å². The second-order valence-electron chi connectivity index (χ2n) is 12.0. The molecule has 0 saturated carbocycles. The highest BCUT2D eigenvalue weighted by molar-refractivity contribution is 7.47. The maximum atomic E-state index is 12.2. The van der Waals surface area contributed by atoms with E-state index in [2.05, 4.69) is 43.5 Å². The van der Waals surface area contributed by atoms with E-state index in [1.807, 2.05) is 0 Å². The number of hydrogen-bond donors (Lipinski definition) is 4. The van der Waals surface area contributed by atoms with Crippen molar-refractivity contribution in [1.82, 2.24) is 5.32 Å². The smallest absolute Gasteiger partial charge is 0.472 e. The van der Waals surface area contributed by atoms with E-state index < -0.39 is 57.6 Å². The fourth-order valence-corrected chi connectivity index (χ4v) is 5.38. The SMILES string of the molecule is CCC/C=C\CCCCCCCC(=O)OCC(O)COP(=O)(O)OCC(NC(=O)CCCCCCC/C=C\CCCCCC)C(=O)O. The Morgan fingerprint density at radius 3 is 1.70 bits per heavy atom. The fourth-order valence-electron chi connectivity index (χ4n) is 4.60. The van der Waals surface area contributed by atoms with Crippen molar-refractivity contribution in [3.05, 3.63) is 24.3 Å². The second kappa shape index (κ2) is 31.2. The molecule has 0 rings (SSSR count). The van der Waals surface area contributed by atoms with Crippen LogP contribution in [0.1, 0.15) is 149 Å². The van der Waals surface area contributed by atoms with Crippen LogP contribution in [0.5, 0.6) is 0 Å². The zero-order valence-corrected chi connectivity index (χ0v) is 30.0. The Kier molecular flexibility index (Phi) is 29.9. The molecule has 0 aliphatic heterocycles. The first-order chi connectivity index (χ1) is 22.6. The van der Waals surface area contributed by atoms with Crippen LogP contribution < -0.4 is 5.32 Å². The fraction of sp³-hybridized carbons (Fsp3) is 0.800. The van der Waals surface area contributed by atoms with Gasteiger partial charge < -0.3 is 25.2 Å². The average molecular weight is 690 g/mol. The molecule has 12 heteroatoms. The number of nitrogens with one attached hydrogen (secondary N) is 1. The summed E-state index contributed by atoms with van der Waals surface area (Å²) in [6.45, 7) is 2.46. The molecule has 0 heterocycles. The van der Waals surface area contributed by atoms with Gasteiger partial charge in [0.1, 0.15) is 12.7 Å². The first kappa shape index (κ1) is 45.0. The van der Waals surface area contributed by atoms with Gasteiger partial charge in [0.05, 0.1) is 13.2 Å². The molecule has 0 bridgehead atoms. The van der Waals surface area contributed by atoms with E-state index in [0.717, 1.165) is 83.5 Å². The van der Waals surface area contributed by atoms with E-state index in [4.69, 9.17) is 13.8 Å². The van der Waals surface area contributed by atoms with Crippen LogP contribution in [-0.2, 0) is 32.7 Å². The molecule has 3 atom stereocenters. The number of carbonyl (C=O) groups is 3. The Morgan fingerprint density at radius 1 is 0.660 bits per heavy atom. The summed E-state index contributed by atoms with van der Waals surface area (Å²) >= 11 is 0. The van der Waals surface area contributed by atoms with Crippen LogP contribution in [0.15, 0.2) is 24.3 Å². The molecule has 3 unspecified atom stereocenters. The lowest BCUT2D eigenvalue weighted by molar-refractivity contribution is -0.147. The van der Waals surface area contributed by atoms with Crippen molar-refractivity contribution in [3.8, 4) is 0 Å². The van der Waals surface area contributed by atoms with E-state index in [-0.39, 0.29) is 12.8 Å². The monoisotopic (exact) mass is 689 g/mol. The lowest BCUT2D eigenvalue weighted by Gasteiger charge is -2.18. The van der Waals surface area contributed by atoms with Gasteiger partial charge >= 0.3 is 19.8 Å². The van der Waals surface area contributed by atoms with Crippen molar-refractivity contribution < 1.29 is 47.8 Å². The van der Waals surface area contributed by atoms with Crippen molar-refractivity contribution in [2.45, 2.75) is 161 Å². The number of carboxylic acid groups (broad SMARTS) is 1. The maximum Gasteiger partial charge on any atom is 0.472 e. The van der Waals surface area contributed by atoms with Crippen LogP contribution in [0, 0.1) is 0 Å². The number of hydrogen-bond acceptors (Lipinski definition) is 8. The summed E-state index contributed by atoms with van der Waals surface area (Å²) < 4.78 is 26.6. The number of amides is 1. The molecule has 47 heavy (non-hydrogen) atoms. The van der Waals surface area contributed by atoms with Gasteiger partial charge in [-0.25, -0.2) is 9.36 Å². The highest BCUT2D eigenvalue weighted by atomic mass is 31.2. The lowest BCUT2D eigenvalue weighted by atomic mass is 10.1. The number of carboxylic acids is 1. The quantitative estimate of drug-likeness (QED) is 0.0230. The zero-order valence-electron chi connectivity index (χ0n) is 29.1. The van der Waals surface area contributed by atoms with Gasteiger partial charge in [-0.3, -0.25) is 18.6 Å². The Labute approximate surface area is 283 Å². The lowest BCUT2D eigenvalue weighted by Crippen LogP contribution is -2.43.